The van der Waals surface area contributed by atoms with Gasteiger partial charge in [-0.05, 0) is 43.6 Å². The van der Waals surface area contributed by atoms with Crippen molar-refractivity contribution >= 4 is 23.1 Å². The van der Waals surface area contributed by atoms with Crippen LogP contribution in [0.5, 0.6) is 0 Å². The Morgan fingerprint density at radius 3 is 2.60 bits per heavy atom. The molecule has 0 atom stereocenters. The molecule has 11 heteroatoms. The Kier molecular flexibility index (Phi) is 6.68. The van der Waals surface area contributed by atoms with Gasteiger partial charge in [-0.2, -0.15) is 10.2 Å². The van der Waals surface area contributed by atoms with Gasteiger partial charge in [-0.15, -0.1) is 0 Å². The first-order valence-corrected chi connectivity index (χ1v) is 12.3. The minimum absolute atomic E-state index is 0.0275. The summed E-state index contributed by atoms with van der Waals surface area (Å²) in [5.74, 6) is 1.44. The van der Waals surface area contributed by atoms with Crippen LogP contribution in [0.1, 0.15) is 68.0 Å². The Hall–Kier alpha value is -3.08. The number of nitrogens with one attached hydrogen (secondary N) is 1. The van der Waals surface area contributed by atoms with Gasteiger partial charge in [-0.25, -0.2) is 18.3 Å². The molecule has 9 nitrogen and oxygen atoms in total. The molecular formula is C24H31F2N7O2. The summed E-state index contributed by atoms with van der Waals surface area (Å²) in [7, 11) is 0. The quantitative estimate of drug-likeness (QED) is 0.556. The molecule has 0 unspecified atom stereocenters. The van der Waals surface area contributed by atoms with Crippen LogP contribution in [0.25, 0.3) is 5.65 Å². The fourth-order valence-corrected chi connectivity index (χ4v) is 5.06. The molecule has 0 spiro atoms. The summed E-state index contributed by atoms with van der Waals surface area (Å²) in [6, 6.07) is 1.89. The highest BCUT2D eigenvalue weighted by atomic mass is 19.3. The molecule has 0 bridgehead atoms. The Morgan fingerprint density at radius 1 is 1.17 bits per heavy atom. The summed E-state index contributed by atoms with van der Waals surface area (Å²) in [5, 5.41) is 11.0. The molecule has 0 aromatic carbocycles. The van der Waals surface area contributed by atoms with Crippen molar-refractivity contribution in [3.05, 3.63) is 35.9 Å². The van der Waals surface area contributed by atoms with Crippen molar-refractivity contribution in [3.8, 4) is 0 Å². The number of morpholine rings is 1. The van der Waals surface area contributed by atoms with Crippen LogP contribution in [-0.2, 0) is 4.74 Å². The fraction of sp³-hybridized carbons (Fsp3) is 0.583. The Morgan fingerprint density at radius 2 is 1.91 bits per heavy atom. The number of hydrogen-bond acceptors (Lipinski definition) is 6. The predicted molar refractivity (Wildman–Crippen MR) is 127 cm³/mol. The lowest BCUT2D eigenvalue weighted by Crippen LogP contribution is -2.36. The summed E-state index contributed by atoms with van der Waals surface area (Å²) < 4.78 is 36.1. The van der Waals surface area contributed by atoms with Gasteiger partial charge in [0.1, 0.15) is 11.4 Å². The fourth-order valence-electron chi connectivity index (χ4n) is 5.06. The molecule has 4 heterocycles. The number of anilines is 2. The van der Waals surface area contributed by atoms with Crippen LogP contribution in [0.2, 0.25) is 0 Å². The third kappa shape index (κ3) is 4.86. The minimum atomic E-state index is -2.80. The topological polar surface area (TPSA) is 89.6 Å². The minimum Gasteiger partial charge on any atom is -0.378 e. The van der Waals surface area contributed by atoms with Crippen molar-refractivity contribution in [1.29, 1.82) is 0 Å². The normalized spacial score (nSPS) is 21.3. The standard InChI is InChI=1S/C24H31F2N7O2/c1-15(2)16-3-5-17(6-4-16)33-14-19(21(30-33)22(25)26)28-24(34)18-13-27-32-8-7-20(29-23(18)32)31-9-11-35-12-10-31/h7-8,13-17,22H,3-6,9-12H2,1-2H3,(H,28,34). The van der Waals surface area contributed by atoms with E-state index in [0.29, 0.717) is 49.6 Å². The number of fused-ring (bicyclic) bond motifs is 1. The largest absolute Gasteiger partial charge is 0.378 e. The molecule has 1 aliphatic heterocycles. The van der Waals surface area contributed by atoms with E-state index in [2.05, 4.69) is 39.2 Å². The highest BCUT2D eigenvalue weighted by Gasteiger charge is 2.28. The zero-order valence-corrected chi connectivity index (χ0v) is 20.0. The van der Waals surface area contributed by atoms with E-state index in [4.69, 9.17) is 4.74 Å². The Labute approximate surface area is 202 Å². The molecule has 2 aliphatic rings. The third-order valence-electron chi connectivity index (χ3n) is 7.21. The average Bonchev–Trinajstić information content (AvgIpc) is 3.49. The van der Waals surface area contributed by atoms with Gasteiger partial charge in [-0.3, -0.25) is 9.48 Å². The molecular weight excluding hydrogens is 456 g/mol. The lowest BCUT2D eigenvalue weighted by molar-refractivity contribution is 0.102. The first kappa shape index (κ1) is 23.7. The second-order valence-electron chi connectivity index (χ2n) is 9.69. The maximum Gasteiger partial charge on any atom is 0.284 e. The molecule has 1 amide bonds. The summed E-state index contributed by atoms with van der Waals surface area (Å²) >= 11 is 0. The lowest BCUT2D eigenvalue weighted by atomic mass is 9.80. The number of ether oxygens (including phenoxy) is 1. The van der Waals surface area contributed by atoms with Crippen molar-refractivity contribution < 1.29 is 18.3 Å². The summed E-state index contributed by atoms with van der Waals surface area (Å²) in [6.45, 7) is 7.07. The summed E-state index contributed by atoms with van der Waals surface area (Å²) in [6.07, 6.45) is 5.76. The van der Waals surface area contributed by atoms with Crippen molar-refractivity contribution in [1.82, 2.24) is 24.4 Å². The van der Waals surface area contributed by atoms with Crippen LogP contribution in [0.15, 0.2) is 24.7 Å². The molecule has 3 aromatic heterocycles. The monoisotopic (exact) mass is 487 g/mol. The Bertz CT molecular complexity index is 1180. The van der Waals surface area contributed by atoms with Gasteiger partial charge in [0, 0.05) is 25.5 Å². The Balaban J connectivity index is 1.36. The van der Waals surface area contributed by atoms with E-state index in [1.165, 1.54) is 16.9 Å². The molecule has 1 aliphatic carbocycles. The first-order chi connectivity index (χ1) is 16.9. The molecule has 2 fully saturated rings. The van der Waals surface area contributed by atoms with Crippen LogP contribution < -0.4 is 10.2 Å². The van der Waals surface area contributed by atoms with Crippen molar-refractivity contribution in [2.24, 2.45) is 11.8 Å². The number of carbonyl (C=O) groups excluding carboxylic acids is 1. The number of alkyl halides is 2. The number of nitrogens with zero attached hydrogens (tertiary/aromatic N) is 6. The van der Waals surface area contributed by atoms with Crippen molar-refractivity contribution in [2.45, 2.75) is 52.0 Å². The van der Waals surface area contributed by atoms with Crippen LogP contribution >= 0.6 is 0 Å². The zero-order chi connectivity index (χ0) is 24.5. The van der Waals surface area contributed by atoms with Crippen LogP contribution in [0, 0.1) is 11.8 Å². The lowest BCUT2D eigenvalue weighted by Gasteiger charge is -2.30. The summed E-state index contributed by atoms with van der Waals surface area (Å²) in [4.78, 5) is 19.8. The highest BCUT2D eigenvalue weighted by molar-refractivity contribution is 6.08. The van der Waals surface area contributed by atoms with Gasteiger partial charge in [0.2, 0.25) is 0 Å². The van der Waals surface area contributed by atoms with E-state index >= 15 is 0 Å². The van der Waals surface area contributed by atoms with Gasteiger partial charge in [0.25, 0.3) is 12.3 Å². The second kappa shape index (κ2) is 9.88. The average molecular weight is 488 g/mol. The number of rotatable bonds is 6. The van der Waals surface area contributed by atoms with E-state index in [1.54, 1.807) is 10.9 Å². The smallest absolute Gasteiger partial charge is 0.284 e. The maximum absolute atomic E-state index is 13.8. The van der Waals surface area contributed by atoms with Crippen molar-refractivity contribution in [3.63, 3.8) is 0 Å². The third-order valence-corrected chi connectivity index (χ3v) is 7.21. The molecule has 0 radical (unpaired) electrons. The number of amides is 1. The van der Waals surface area contributed by atoms with E-state index in [1.807, 2.05) is 6.07 Å². The second-order valence-corrected chi connectivity index (χ2v) is 9.69. The van der Waals surface area contributed by atoms with E-state index in [0.717, 1.165) is 25.7 Å². The van der Waals surface area contributed by atoms with Gasteiger partial charge in [0.15, 0.2) is 11.3 Å². The molecule has 1 saturated heterocycles. The van der Waals surface area contributed by atoms with Gasteiger partial charge in [0.05, 0.1) is 31.1 Å². The number of carbonyl (C=O) groups is 1. The number of hydrogen-bond donors (Lipinski definition) is 1. The van der Waals surface area contributed by atoms with Crippen molar-refractivity contribution in [2.75, 3.05) is 36.5 Å². The SMILES string of the molecule is CC(C)C1CCC(n2cc(NC(=O)c3cnn4ccc(N5CCOCC5)nc34)c(C(F)F)n2)CC1. The summed E-state index contributed by atoms with van der Waals surface area (Å²) in [5.41, 5.74) is 0.192. The molecule has 5 rings (SSSR count). The molecule has 1 saturated carbocycles. The van der Waals surface area contributed by atoms with Gasteiger partial charge < -0.3 is 15.0 Å². The number of halogens is 2. The predicted octanol–water partition coefficient (Wildman–Crippen LogP) is 4.34. The molecule has 1 N–H and O–H groups in total. The highest BCUT2D eigenvalue weighted by Crippen LogP contribution is 2.37. The van der Waals surface area contributed by atoms with Gasteiger partial charge >= 0.3 is 0 Å². The van der Waals surface area contributed by atoms with Crippen LogP contribution in [0.3, 0.4) is 0 Å². The van der Waals surface area contributed by atoms with E-state index in [9.17, 15) is 13.6 Å². The van der Waals surface area contributed by atoms with E-state index < -0.39 is 18.0 Å². The first-order valence-electron chi connectivity index (χ1n) is 12.3. The number of aromatic nitrogens is 5. The van der Waals surface area contributed by atoms with Gasteiger partial charge in [-0.1, -0.05) is 13.8 Å². The molecule has 35 heavy (non-hydrogen) atoms. The molecule has 188 valence electrons. The zero-order valence-electron chi connectivity index (χ0n) is 20.0. The van der Waals surface area contributed by atoms with Crippen LogP contribution in [-0.4, -0.2) is 56.6 Å². The molecule has 3 aromatic rings. The van der Waals surface area contributed by atoms with Crippen LogP contribution in [0.4, 0.5) is 20.3 Å². The van der Waals surface area contributed by atoms with E-state index in [-0.39, 0.29) is 17.3 Å². The maximum atomic E-state index is 13.8.